The van der Waals surface area contributed by atoms with Crippen molar-refractivity contribution in [3.63, 3.8) is 0 Å². The number of anilines is 1. The van der Waals surface area contributed by atoms with Gasteiger partial charge in [0.1, 0.15) is 0 Å². The molecule has 0 amide bonds. The molecule has 0 aliphatic heterocycles. The van der Waals surface area contributed by atoms with Gasteiger partial charge in [0.15, 0.2) is 0 Å². The summed E-state index contributed by atoms with van der Waals surface area (Å²) >= 11 is 0. The molecule has 1 fully saturated rings. The van der Waals surface area contributed by atoms with E-state index in [1.165, 1.54) is 12.8 Å². The second-order valence-electron chi connectivity index (χ2n) is 2.51. The Morgan fingerprint density at radius 3 is 2.90 bits per heavy atom. The van der Waals surface area contributed by atoms with Gasteiger partial charge < -0.3 is 5.73 Å². The van der Waals surface area contributed by atoms with Crippen molar-refractivity contribution >= 4 is 5.95 Å². The standard InChI is InChI=1S/C6H8N4/c7-6-9-5(3-8-10-6)4-1-2-4/h3-4H,1-2H2,(H2,7,9,10). The first-order valence-electron chi connectivity index (χ1n) is 3.31. The van der Waals surface area contributed by atoms with E-state index in [-0.39, 0.29) is 5.95 Å². The lowest BCUT2D eigenvalue weighted by atomic mass is 10.3. The van der Waals surface area contributed by atoms with Crippen LogP contribution in [0, 0.1) is 0 Å². The molecule has 1 heterocycles. The molecule has 1 aliphatic carbocycles. The second kappa shape index (κ2) is 1.90. The zero-order valence-corrected chi connectivity index (χ0v) is 5.49. The maximum absolute atomic E-state index is 5.34. The maximum atomic E-state index is 5.34. The van der Waals surface area contributed by atoms with Crippen molar-refractivity contribution in [3.8, 4) is 0 Å². The number of hydrogen-bond acceptors (Lipinski definition) is 4. The minimum Gasteiger partial charge on any atom is -0.366 e. The van der Waals surface area contributed by atoms with Crippen LogP contribution < -0.4 is 5.73 Å². The van der Waals surface area contributed by atoms with E-state index in [1.54, 1.807) is 6.20 Å². The molecule has 1 aromatic heterocycles. The Labute approximate surface area is 58.5 Å². The smallest absolute Gasteiger partial charge is 0.240 e. The highest BCUT2D eigenvalue weighted by molar-refractivity contribution is 5.18. The van der Waals surface area contributed by atoms with Gasteiger partial charge in [0.2, 0.25) is 5.95 Å². The minimum atomic E-state index is 0.282. The molecule has 0 bridgehead atoms. The van der Waals surface area contributed by atoms with Gasteiger partial charge in [-0.2, -0.15) is 5.10 Å². The fraction of sp³-hybridized carbons (Fsp3) is 0.500. The zero-order chi connectivity index (χ0) is 6.97. The maximum Gasteiger partial charge on any atom is 0.240 e. The van der Waals surface area contributed by atoms with E-state index in [1.807, 2.05) is 0 Å². The van der Waals surface area contributed by atoms with Gasteiger partial charge in [-0.25, -0.2) is 4.98 Å². The van der Waals surface area contributed by atoms with Crippen LogP contribution in [0.15, 0.2) is 6.20 Å². The van der Waals surface area contributed by atoms with E-state index in [0.717, 1.165) is 5.69 Å². The largest absolute Gasteiger partial charge is 0.366 e. The van der Waals surface area contributed by atoms with Crippen LogP contribution in [0.25, 0.3) is 0 Å². The summed E-state index contributed by atoms with van der Waals surface area (Å²) in [7, 11) is 0. The normalized spacial score (nSPS) is 17.2. The number of nitrogen functional groups attached to an aromatic ring is 1. The van der Waals surface area contributed by atoms with E-state index in [2.05, 4.69) is 15.2 Å². The van der Waals surface area contributed by atoms with Gasteiger partial charge in [-0.15, -0.1) is 5.10 Å². The van der Waals surface area contributed by atoms with Crippen molar-refractivity contribution in [2.45, 2.75) is 18.8 Å². The highest BCUT2D eigenvalue weighted by Gasteiger charge is 2.25. The lowest BCUT2D eigenvalue weighted by molar-refractivity contribution is 0.906. The number of nitrogens with zero attached hydrogens (tertiary/aromatic N) is 3. The Morgan fingerprint density at radius 2 is 2.30 bits per heavy atom. The summed E-state index contributed by atoms with van der Waals surface area (Å²) in [4.78, 5) is 4.04. The van der Waals surface area contributed by atoms with Crippen LogP contribution in [0.2, 0.25) is 0 Å². The molecular formula is C6H8N4. The average molecular weight is 136 g/mol. The van der Waals surface area contributed by atoms with E-state index in [0.29, 0.717) is 5.92 Å². The Morgan fingerprint density at radius 1 is 1.50 bits per heavy atom. The lowest BCUT2D eigenvalue weighted by Gasteiger charge is -1.93. The summed E-state index contributed by atoms with van der Waals surface area (Å²) in [6, 6.07) is 0. The summed E-state index contributed by atoms with van der Waals surface area (Å²) in [6.07, 6.45) is 4.13. The Bertz CT molecular complexity index is 243. The molecule has 2 N–H and O–H groups in total. The third kappa shape index (κ3) is 0.920. The van der Waals surface area contributed by atoms with Crippen LogP contribution in [0.5, 0.6) is 0 Å². The third-order valence-corrected chi connectivity index (χ3v) is 1.59. The van der Waals surface area contributed by atoms with Gasteiger partial charge in [0, 0.05) is 5.92 Å². The predicted octanol–water partition coefficient (Wildman–Crippen LogP) is 0.331. The van der Waals surface area contributed by atoms with Gasteiger partial charge in [-0.1, -0.05) is 0 Å². The van der Waals surface area contributed by atoms with Crippen LogP contribution in [0.3, 0.4) is 0 Å². The molecule has 10 heavy (non-hydrogen) atoms. The summed E-state index contributed by atoms with van der Waals surface area (Å²) < 4.78 is 0. The SMILES string of the molecule is Nc1nncc(C2CC2)n1. The van der Waals surface area contributed by atoms with Crippen molar-refractivity contribution in [2.75, 3.05) is 5.73 Å². The minimum absolute atomic E-state index is 0.282. The van der Waals surface area contributed by atoms with Crippen molar-refractivity contribution in [2.24, 2.45) is 0 Å². The quantitative estimate of drug-likeness (QED) is 0.604. The molecule has 52 valence electrons. The molecule has 1 aliphatic rings. The van der Waals surface area contributed by atoms with E-state index >= 15 is 0 Å². The third-order valence-electron chi connectivity index (χ3n) is 1.59. The van der Waals surface area contributed by atoms with Crippen LogP contribution in [0.4, 0.5) is 5.95 Å². The lowest BCUT2D eigenvalue weighted by Crippen LogP contribution is -1.99. The Balaban J connectivity index is 2.32. The number of aromatic nitrogens is 3. The van der Waals surface area contributed by atoms with E-state index < -0.39 is 0 Å². The molecule has 4 heteroatoms. The molecule has 2 rings (SSSR count). The Hall–Kier alpha value is -1.19. The molecule has 4 nitrogen and oxygen atoms in total. The van der Waals surface area contributed by atoms with Gasteiger partial charge >= 0.3 is 0 Å². The van der Waals surface area contributed by atoms with Crippen LogP contribution in [0.1, 0.15) is 24.5 Å². The van der Waals surface area contributed by atoms with Crippen molar-refractivity contribution in [3.05, 3.63) is 11.9 Å². The van der Waals surface area contributed by atoms with Gasteiger partial charge in [-0.05, 0) is 12.8 Å². The molecule has 0 radical (unpaired) electrons. The fourth-order valence-electron chi connectivity index (χ4n) is 0.906. The molecule has 0 spiro atoms. The summed E-state index contributed by atoms with van der Waals surface area (Å²) in [5.74, 6) is 0.891. The second-order valence-corrected chi connectivity index (χ2v) is 2.51. The number of hydrogen-bond donors (Lipinski definition) is 1. The predicted molar refractivity (Wildman–Crippen MR) is 36.2 cm³/mol. The van der Waals surface area contributed by atoms with E-state index in [4.69, 9.17) is 5.73 Å². The summed E-state index contributed by atoms with van der Waals surface area (Å²) in [5.41, 5.74) is 6.33. The highest BCUT2D eigenvalue weighted by Crippen LogP contribution is 2.38. The zero-order valence-electron chi connectivity index (χ0n) is 5.49. The molecule has 0 saturated heterocycles. The molecule has 0 unspecified atom stereocenters. The molecular weight excluding hydrogens is 128 g/mol. The van der Waals surface area contributed by atoms with Crippen LogP contribution in [-0.4, -0.2) is 15.2 Å². The summed E-state index contributed by atoms with van der Waals surface area (Å²) in [5, 5.41) is 7.27. The Kier molecular flexibility index (Phi) is 1.06. The molecule has 1 saturated carbocycles. The first-order valence-corrected chi connectivity index (χ1v) is 3.31. The van der Waals surface area contributed by atoms with E-state index in [9.17, 15) is 0 Å². The average Bonchev–Trinajstić information content (AvgIpc) is 2.68. The van der Waals surface area contributed by atoms with Crippen molar-refractivity contribution in [1.29, 1.82) is 0 Å². The van der Waals surface area contributed by atoms with Crippen LogP contribution >= 0.6 is 0 Å². The fourth-order valence-corrected chi connectivity index (χ4v) is 0.906. The first kappa shape index (κ1) is 5.58. The van der Waals surface area contributed by atoms with Crippen LogP contribution in [-0.2, 0) is 0 Å². The number of nitrogens with two attached hydrogens (primary N) is 1. The number of rotatable bonds is 1. The van der Waals surface area contributed by atoms with Gasteiger partial charge in [-0.3, -0.25) is 0 Å². The monoisotopic (exact) mass is 136 g/mol. The first-order chi connectivity index (χ1) is 4.86. The summed E-state index contributed by atoms with van der Waals surface area (Å²) in [6.45, 7) is 0. The molecule has 1 aromatic rings. The topological polar surface area (TPSA) is 64.7 Å². The molecule has 0 aromatic carbocycles. The van der Waals surface area contributed by atoms with Crippen molar-refractivity contribution in [1.82, 2.24) is 15.2 Å². The highest BCUT2D eigenvalue weighted by atomic mass is 15.2. The van der Waals surface area contributed by atoms with Crippen molar-refractivity contribution < 1.29 is 0 Å². The van der Waals surface area contributed by atoms with Gasteiger partial charge in [0.25, 0.3) is 0 Å². The molecule has 0 atom stereocenters. The van der Waals surface area contributed by atoms with Gasteiger partial charge in [0.05, 0.1) is 11.9 Å².